The van der Waals surface area contributed by atoms with Crippen LogP contribution in [0.1, 0.15) is 57.4 Å². The summed E-state index contributed by atoms with van der Waals surface area (Å²) in [5.41, 5.74) is 7.50. The largest absolute Gasteiger partial charge is 0.370 e. The SMILES string of the molecule is Cc1cc(-c2ccnc(NC3CC(C)(C)NC(C)(C)C3)n2)sc1CCC(N)=O. The molecule has 7 heteroatoms. The number of thiophene rings is 1. The monoisotopic (exact) mass is 401 g/mol. The first kappa shape index (κ1) is 20.7. The third kappa shape index (κ3) is 5.29. The van der Waals surface area contributed by atoms with Crippen LogP contribution in [-0.4, -0.2) is 33.0 Å². The third-order valence-electron chi connectivity index (χ3n) is 5.05. The van der Waals surface area contributed by atoms with Crippen molar-refractivity contribution in [3.63, 3.8) is 0 Å². The lowest BCUT2D eigenvalue weighted by Gasteiger charge is -2.46. The molecule has 3 rings (SSSR count). The van der Waals surface area contributed by atoms with Crippen LogP contribution in [0.2, 0.25) is 0 Å². The normalized spacial score (nSPS) is 18.8. The van der Waals surface area contributed by atoms with Gasteiger partial charge in [-0.05, 0) is 71.6 Å². The van der Waals surface area contributed by atoms with E-state index in [1.807, 2.05) is 6.07 Å². The molecular formula is C21H31N5OS. The van der Waals surface area contributed by atoms with Gasteiger partial charge in [-0.25, -0.2) is 9.97 Å². The van der Waals surface area contributed by atoms with E-state index in [4.69, 9.17) is 10.7 Å². The average Bonchev–Trinajstić information content (AvgIpc) is 2.91. The molecule has 1 aliphatic rings. The summed E-state index contributed by atoms with van der Waals surface area (Å²) in [4.78, 5) is 22.6. The Balaban J connectivity index is 1.76. The number of hydrogen-bond acceptors (Lipinski definition) is 6. The summed E-state index contributed by atoms with van der Waals surface area (Å²) in [6, 6.07) is 4.38. The maximum Gasteiger partial charge on any atom is 0.223 e. The van der Waals surface area contributed by atoms with E-state index < -0.39 is 0 Å². The maximum atomic E-state index is 11.1. The van der Waals surface area contributed by atoms with Crippen LogP contribution >= 0.6 is 11.3 Å². The van der Waals surface area contributed by atoms with Gasteiger partial charge in [-0.3, -0.25) is 4.79 Å². The van der Waals surface area contributed by atoms with Gasteiger partial charge in [0.2, 0.25) is 11.9 Å². The number of hydrogen-bond donors (Lipinski definition) is 3. The van der Waals surface area contributed by atoms with Gasteiger partial charge in [0.25, 0.3) is 0 Å². The van der Waals surface area contributed by atoms with Crippen molar-refractivity contribution in [3.05, 3.63) is 28.8 Å². The maximum absolute atomic E-state index is 11.1. The van der Waals surface area contributed by atoms with Gasteiger partial charge in [0.15, 0.2) is 0 Å². The zero-order valence-electron chi connectivity index (χ0n) is 17.4. The minimum absolute atomic E-state index is 0.0667. The Kier molecular flexibility index (Phi) is 5.77. The molecule has 1 aliphatic heterocycles. The molecule has 0 radical (unpaired) electrons. The van der Waals surface area contributed by atoms with Gasteiger partial charge in [-0.15, -0.1) is 11.3 Å². The Bertz CT molecular complexity index is 842. The smallest absolute Gasteiger partial charge is 0.223 e. The fourth-order valence-electron chi connectivity index (χ4n) is 4.30. The van der Waals surface area contributed by atoms with Gasteiger partial charge in [-0.1, -0.05) is 0 Å². The Morgan fingerprint density at radius 1 is 1.32 bits per heavy atom. The molecule has 1 saturated heterocycles. The van der Waals surface area contributed by atoms with Crippen LogP contribution in [0, 0.1) is 6.92 Å². The highest BCUT2D eigenvalue weighted by Gasteiger charge is 2.37. The second kappa shape index (κ2) is 7.79. The highest BCUT2D eigenvalue weighted by Crippen LogP contribution is 2.32. The molecule has 1 fully saturated rings. The topological polar surface area (TPSA) is 92.9 Å². The summed E-state index contributed by atoms with van der Waals surface area (Å²) in [6.45, 7) is 11.0. The van der Waals surface area contributed by atoms with Crippen LogP contribution in [0.5, 0.6) is 0 Å². The fraction of sp³-hybridized carbons (Fsp3) is 0.571. The number of nitrogens with two attached hydrogens (primary N) is 1. The molecule has 2 aromatic rings. The zero-order chi connectivity index (χ0) is 20.5. The van der Waals surface area contributed by atoms with Gasteiger partial charge in [0, 0.05) is 34.6 Å². The van der Waals surface area contributed by atoms with E-state index in [-0.39, 0.29) is 17.0 Å². The number of carbonyl (C=O) groups is 1. The molecule has 0 atom stereocenters. The summed E-state index contributed by atoms with van der Waals surface area (Å²) >= 11 is 1.67. The Morgan fingerprint density at radius 3 is 2.64 bits per heavy atom. The highest BCUT2D eigenvalue weighted by atomic mass is 32.1. The number of carbonyl (C=O) groups excluding carboxylic acids is 1. The number of piperidine rings is 1. The van der Waals surface area contributed by atoms with Crippen molar-refractivity contribution in [2.45, 2.75) is 77.4 Å². The summed E-state index contributed by atoms with van der Waals surface area (Å²) in [6.07, 6.45) is 4.89. The van der Waals surface area contributed by atoms with E-state index >= 15 is 0 Å². The zero-order valence-corrected chi connectivity index (χ0v) is 18.2. The standard InChI is InChI=1S/C21H31N5OS/c1-13-10-17(28-16(13)6-7-18(22)27)15-8-9-23-19(25-15)24-14-11-20(2,3)26-21(4,5)12-14/h8-10,14,26H,6-7,11-12H2,1-5H3,(H2,22,27)(H,23,24,25). The number of aromatic nitrogens is 2. The third-order valence-corrected chi connectivity index (χ3v) is 6.37. The first-order valence-electron chi connectivity index (χ1n) is 9.80. The second-order valence-corrected chi connectivity index (χ2v) is 10.2. The highest BCUT2D eigenvalue weighted by molar-refractivity contribution is 7.15. The molecule has 152 valence electrons. The summed E-state index contributed by atoms with van der Waals surface area (Å²) < 4.78 is 0. The number of aryl methyl sites for hydroxylation is 2. The molecular weight excluding hydrogens is 370 g/mol. The molecule has 0 bridgehead atoms. The van der Waals surface area contributed by atoms with Crippen molar-refractivity contribution in [2.75, 3.05) is 5.32 Å². The number of nitrogens with zero attached hydrogens (tertiary/aromatic N) is 2. The minimum Gasteiger partial charge on any atom is -0.370 e. The van der Waals surface area contributed by atoms with E-state index in [2.05, 4.69) is 56.3 Å². The summed E-state index contributed by atoms with van der Waals surface area (Å²) in [5.74, 6) is 0.399. The van der Waals surface area contributed by atoms with Crippen molar-refractivity contribution in [3.8, 4) is 10.6 Å². The molecule has 6 nitrogen and oxygen atoms in total. The predicted molar refractivity (Wildman–Crippen MR) is 116 cm³/mol. The Morgan fingerprint density at radius 2 is 2.00 bits per heavy atom. The van der Waals surface area contributed by atoms with Crippen molar-refractivity contribution in [2.24, 2.45) is 5.73 Å². The van der Waals surface area contributed by atoms with Gasteiger partial charge in [0.1, 0.15) is 0 Å². The number of primary amides is 1. The van der Waals surface area contributed by atoms with Crippen molar-refractivity contribution in [1.29, 1.82) is 0 Å². The van der Waals surface area contributed by atoms with E-state index in [0.29, 0.717) is 24.8 Å². The quantitative estimate of drug-likeness (QED) is 0.687. The lowest BCUT2D eigenvalue weighted by molar-refractivity contribution is -0.117. The fourth-order valence-corrected chi connectivity index (χ4v) is 5.45. The number of rotatable bonds is 6. The Hall–Kier alpha value is -1.99. The van der Waals surface area contributed by atoms with E-state index in [1.54, 1.807) is 17.5 Å². The molecule has 0 unspecified atom stereocenters. The van der Waals surface area contributed by atoms with Gasteiger partial charge in [-0.2, -0.15) is 0 Å². The van der Waals surface area contributed by atoms with Crippen LogP contribution in [0.15, 0.2) is 18.3 Å². The molecule has 2 aromatic heterocycles. The van der Waals surface area contributed by atoms with E-state index in [9.17, 15) is 4.79 Å². The van der Waals surface area contributed by atoms with Crippen LogP contribution < -0.4 is 16.4 Å². The summed E-state index contributed by atoms with van der Waals surface area (Å²) in [5, 5.41) is 7.25. The lowest BCUT2D eigenvalue weighted by Crippen LogP contribution is -2.60. The number of anilines is 1. The van der Waals surface area contributed by atoms with Crippen LogP contribution in [0.4, 0.5) is 5.95 Å². The molecule has 3 heterocycles. The summed E-state index contributed by atoms with van der Waals surface area (Å²) in [7, 11) is 0. The number of nitrogens with one attached hydrogen (secondary N) is 2. The van der Waals surface area contributed by atoms with E-state index in [1.165, 1.54) is 10.4 Å². The first-order valence-corrected chi connectivity index (χ1v) is 10.6. The van der Waals surface area contributed by atoms with Crippen LogP contribution in [0.3, 0.4) is 0 Å². The molecule has 0 aliphatic carbocycles. The first-order chi connectivity index (χ1) is 13.0. The Labute approximate surface area is 171 Å². The van der Waals surface area contributed by atoms with Crippen LogP contribution in [0.25, 0.3) is 10.6 Å². The van der Waals surface area contributed by atoms with Gasteiger partial charge < -0.3 is 16.4 Å². The van der Waals surface area contributed by atoms with Gasteiger partial charge in [0.05, 0.1) is 10.6 Å². The minimum atomic E-state index is -0.268. The van der Waals surface area contributed by atoms with Gasteiger partial charge >= 0.3 is 0 Å². The number of amides is 1. The van der Waals surface area contributed by atoms with Crippen molar-refractivity contribution in [1.82, 2.24) is 15.3 Å². The molecule has 0 saturated carbocycles. The van der Waals surface area contributed by atoms with Crippen molar-refractivity contribution < 1.29 is 4.79 Å². The molecule has 28 heavy (non-hydrogen) atoms. The second-order valence-electron chi connectivity index (χ2n) is 9.09. The van der Waals surface area contributed by atoms with Crippen molar-refractivity contribution >= 4 is 23.2 Å². The molecule has 1 amide bonds. The van der Waals surface area contributed by atoms with E-state index in [0.717, 1.165) is 23.4 Å². The average molecular weight is 402 g/mol. The molecule has 0 aromatic carbocycles. The molecule has 0 spiro atoms. The van der Waals surface area contributed by atoms with Crippen LogP contribution in [-0.2, 0) is 11.2 Å². The lowest BCUT2D eigenvalue weighted by atomic mass is 9.80. The predicted octanol–water partition coefficient (Wildman–Crippen LogP) is 3.65. The molecule has 4 N–H and O–H groups in total.